The van der Waals surface area contributed by atoms with Gasteiger partial charge in [-0.15, -0.1) is 11.3 Å². The minimum atomic E-state index is -0.645. The number of carbonyl (C=O) groups excluding carboxylic acids is 1. The fourth-order valence-corrected chi connectivity index (χ4v) is 3.32. The number of aliphatic hydroxyl groups is 1. The second kappa shape index (κ2) is 6.31. The van der Waals surface area contributed by atoms with Crippen LogP contribution in [0.25, 0.3) is 0 Å². The molecular formula is C13H19NO3S. The van der Waals surface area contributed by atoms with Gasteiger partial charge in [-0.3, -0.25) is 4.79 Å². The van der Waals surface area contributed by atoms with Crippen LogP contribution < -0.4 is 5.32 Å². The first-order valence-electron chi connectivity index (χ1n) is 6.27. The highest BCUT2D eigenvalue weighted by Crippen LogP contribution is 2.29. The molecule has 1 atom stereocenters. The molecule has 2 N–H and O–H groups in total. The van der Waals surface area contributed by atoms with Crippen LogP contribution in [0, 0.1) is 0 Å². The van der Waals surface area contributed by atoms with E-state index in [9.17, 15) is 9.90 Å². The predicted molar refractivity (Wildman–Crippen MR) is 71.2 cm³/mol. The molecule has 0 spiro atoms. The average molecular weight is 269 g/mol. The Morgan fingerprint density at radius 3 is 3.06 bits per heavy atom. The molecule has 0 saturated carbocycles. The van der Waals surface area contributed by atoms with Gasteiger partial charge in [0.15, 0.2) is 0 Å². The van der Waals surface area contributed by atoms with E-state index in [1.807, 2.05) is 6.07 Å². The maximum absolute atomic E-state index is 11.9. The van der Waals surface area contributed by atoms with Crippen LogP contribution in [0.4, 0.5) is 0 Å². The number of methoxy groups -OCH3 is 1. The Morgan fingerprint density at radius 1 is 1.56 bits per heavy atom. The highest BCUT2D eigenvalue weighted by atomic mass is 32.1. The van der Waals surface area contributed by atoms with Crippen molar-refractivity contribution in [3.05, 3.63) is 21.4 Å². The Morgan fingerprint density at radius 2 is 2.33 bits per heavy atom. The van der Waals surface area contributed by atoms with Crippen molar-refractivity contribution < 1.29 is 14.6 Å². The van der Waals surface area contributed by atoms with Gasteiger partial charge in [0.2, 0.25) is 0 Å². The highest BCUT2D eigenvalue weighted by Gasteiger charge is 2.17. The molecule has 2 rings (SSSR count). The zero-order valence-electron chi connectivity index (χ0n) is 10.6. The number of fused-ring (bicyclic) bond motifs is 1. The van der Waals surface area contributed by atoms with Crippen LogP contribution in [0.3, 0.4) is 0 Å². The fraction of sp³-hybridized carbons (Fsp3) is 0.615. The molecule has 100 valence electrons. The van der Waals surface area contributed by atoms with E-state index in [1.54, 1.807) is 11.3 Å². The molecule has 1 aliphatic carbocycles. The van der Waals surface area contributed by atoms with E-state index in [1.165, 1.54) is 30.4 Å². The number of carbonyl (C=O) groups is 1. The molecule has 0 bridgehead atoms. The number of amides is 1. The van der Waals surface area contributed by atoms with Crippen molar-refractivity contribution in [3.8, 4) is 0 Å². The van der Waals surface area contributed by atoms with Gasteiger partial charge in [0.25, 0.3) is 5.91 Å². The van der Waals surface area contributed by atoms with Gasteiger partial charge in [0, 0.05) is 18.5 Å². The maximum Gasteiger partial charge on any atom is 0.261 e. The number of thiophene rings is 1. The summed E-state index contributed by atoms with van der Waals surface area (Å²) in [6, 6.07) is 2.00. The van der Waals surface area contributed by atoms with E-state index in [2.05, 4.69) is 5.32 Å². The van der Waals surface area contributed by atoms with Gasteiger partial charge in [-0.1, -0.05) is 0 Å². The van der Waals surface area contributed by atoms with Gasteiger partial charge >= 0.3 is 0 Å². The maximum atomic E-state index is 11.9. The summed E-state index contributed by atoms with van der Waals surface area (Å²) in [5.41, 5.74) is 1.33. The van der Waals surface area contributed by atoms with Crippen molar-refractivity contribution in [2.75, 3.05) is 20.3 Å². The van der Waals surface area contributed by atoms with Crippen molar-refractivity contribution in [3.63, 3.8) is 0 Å². The van der Waals surface area contributed by atoms with Gasteiger partial charge in [0.05, 0.1) is 17.6 Å². The van der Waals surface area contributed by atoms with E-state index in [0.29, 0.717) is 0 Å². The molecule has 1 aromatic heterocycles. The molecule has 0 fully saturated rings. The molecule has 1 amide bonds. The van der Waals surface area contributed by atoms with Crippen molar-refractivity contribution in [1.29, 1.82) is 0 Å². The lowest BCUT2D eigenvalue weighted by atomic mass is 9.99. The third-order valence-corrected chi connectivity index (χ3v) is 4.31. The van der Waals surface area contributed by atoms with E-state index >= 15 is 0 Å². The summed E-state index contributed by atoms with van der Waals surface area (Å²) in [5.74, 6) is -0.0930. The standard InChI is InChI=1S/C13H19NO3S/c1-17-8-10(15)7-14-13(16)12-6-9-4-2-3-5-11(9)18-12/h6,10,15H,2-5,7-8H2,1H3,(H,14,16). The molecule has 0 saturated heterocycles. The lowest BCUT2D eigenvalue weighted by Gasteiger charge is -2.09. The van der Waals surface area contributed by atoms with Gasteiger partial charge in [-0.25, -0.2) is 0 Å². The first-order chi connectivity index (χ1) is 8.70. The van der Waals surface area contributed by atoms with E-state index in [4.69, 9.17) is 4.74 Å². The predicted octanol–water partition coefficient (Wildman–Crippen LogP) is 1.36. The van der Waals surface area contributed by atoms with E-state index in [0.717, 1.165) is 17.7 Å². The topological polar surface area (TPSA) is 58.6 Å². The summed E-state index contributed by atoms with van der Waals surface area (Å²) in [5, 5.41) is 12.2. The van der Waals surface area contributed by atoms with Gasteiger partial charge < -0.3 is 15.2 Å². The number of hydrogen-bond acceptors (Lipinski definition) is 4. The van der Waals surface area contributed by atoms with Crippen LogP contribution >= 0.6 is 11.3 Å². The summed E-state index contributed by atoms with van der Waals surface area (Å²) >= 11 is 1.58. The lowest BCUT2D eigenvalue weighted by molar-refractivity contribution is 0.0611. The number of rotatable bonds is 5. The Kier molecular flexibility index (Phi) is 4.74. The molecule has 0 radical (unpaired) electrons. The second-order valence-corrected chi connectivity index (χ2v) is 5.72. The third-order valence-electron chi connectivity index (χ3n) is 3.08. The number of aryl methyl sites for hydroxylation is 2. The number of hydrogen-bond donors (Lipinski definition) is 2. The van der Waals surface area contributed by atoms with Gasteiger partial charge in [0.1, 0.15) is 0 Å². The largest absolute Gasteiger partial charge is 0.389 e. The molecule has 4 nitrogen and oxygen atoms in total. The number of aliphatic hydroxyl groups excluding tert-OH is 1. The monoisotopic (exact) mass is 269 g/mol. The second-order valence-electron chi connectivity index (χ2n) is 4.59. The molecule has 0 aliphatic heterocycles. The van der Waals surface area contributed by atoms with Crippen molar-refractivity contribution in [2.24, 2.45) is 0 Å². The summed E-state index contributed by atoms with van der Waals surface area (Å²) in [7, 11) is 1.53. The molecule has 1 unspecified atom stereocenters. The van der Waals surface area contributed by atoms with Crippen LogP contribution in [0.5, 0.6) is 0 Å². The molecule has 0 aromatic carbocycles. The zero-order valence-corrected chi connectivity index (χ0v) is 11.4. The summed E-state index contributed by atoms with van der Waals surface area (Å²) in [6.45, 7) is 0.469. The average Bonchev–Trinajstić information content (AvgIpc) is 2.80. The molecule has 1 heterocycles. The van der Waals surface area contributed by atoms with Gasteiger partial charge in [-0.05, 0) is 37.3 Å². The van der Waals surface area contributed by atoms with Crippen molar-refractivity contribution in [2.45, 2.75) is 31.8 Å². The zero-order chi connectivity index (χ0) is 13.0. The van der Waals surface area contributed by atoms with Crippen molar-refractivity contribution in [1.82, 2.24) is 5.32 Å². The van der Waals surface area contributed by atoms with Crippen LogP contribution in [-0.2, 0) is 17.6 Å². The first-order valence-corrected chi connectivity index (χ1v) is 7.09. The molecule has 18 heavy (non-hydrogen) atoms. The SMILES string of the molecule is COCC(O)CNC(=O)c1cc2c(s1)CCCC2. The Hall–Kier alpha value is -0.910. The van der Waals surface area contributed by atoms with E-state index < -0.39 is 6.10 Å². The fourth-order valence-electron chi connectivity index (χ4n) is 2.15. The minimum Gasteiger partial charge on any atom is -0.389 e. The molecule has 1 aliphatic rings. The minimum absolute atomic E-state index is 0.0930. The van der Waals surface area contributed by atoms with Crippen LogP contribution in [0.15, 0.2) is 6.07 Å². The Bertz CT molecular complexity index is 393. The lowest BCUT2D eigenvalue weighted by Crippen LogP contribution is -2.33. The van der Waals surface area contributed by atoms with Crippen molar-refractivity contribution >= 4 is 17.2 Å². The number of nitrogens with one attached hydrogen (secondary N) is 1. The smallest absolute Gasteiger partial charge is 0.261 e. The molecular weight excluding hydrogens is 250 g/mol. The summed E-state index contributed by atoms with van der Waals surface area (Å²) in [6.07, 6.45) is 3.98. The summed E-state index contributed by atoms with van der Waals surface area (Å²) < 4.78 is 4.81. The highest BCUT2D eigenvalue weighted by molar-refractivity contribution is 7.14. The summed E-state index contributed by atoms with van der Waals surface area (Å²) in [4.78, 5) is 14.0. The van der Waals surface area contributed by atoms with Crippen LogP contribution in [-0.4, -0.2) is 37.4 Å². The quantitative estimate of drug-likeness (QED) is 0.848. The van der Waals surface area contributed by atoms with E-state index in [-0.39, 0.29) is 19.1 Å². The Balaban J connectivity index is 1.90. The Labute approximate surface area is 111 Å². The first kappa shape index (κ1) is 13.5. The third kappa shape index (κ3) is 3.31. The molecule has 1 aromatic rings. The van der Waals surface area contributed by atoms with Gasteiger partial charge in [-0.2, -0.15) is 0 Å². The van der Waals surface area contributed by atoms with Crippen LogP contribution in [0.2, 0.25) is 0 Å². The number of ether oxygens (including phenoxy) is 1. The molecule has 5 heteroatoms. The van der Waals surface area contributed by atoms with Crippen LogP contribution in [0.1, 0.15) is 33.0 Å². The normalized spacial score (nSPS) is 16.1.